The Balaban J connectivity index is 1.97. The smallest absolute Gasteiger partial charge is 0.140 e. The van der Waals surface area contributed by atoms with E-state index in [1.165, 1.54) is 5.56 Å². The van der Waals surface area contributed by atoms with Crippen molar-refractivity contribution in [2.45, 2.75) is 30.6 Å². The van der Waals surface area contributed by atoms with Crippen LogP contribution in [0.15, 0.2) is 35.5 Å². The first-order valence-electron chi connectivity index (χ1n) is 6.54. The molecule has 0 amide bonds. The molecule has 1 saturated heterocycles. The van der Waals surface area contributed by atoms with Crippen molar-refractivity contribution in [2.75, 3.05) is 12.4 Å². The molecule has 0 saturated carbocycles. The molecule has 1 aliphatic heterocycles. The molecule has 0 aromatic heterocycles. The van der Waals surface area contributed by atoms with Gasteiger partial charge in [-0.3, -0.25) is 0 Å². The molecule has 1 heterocycles. The van der Waals surface area contributed by atoms with Gasteiger partial charge >= 0.3 is 0 Å². The van der Waals surface area contributed by atoms with Crippen LogP contribution in [0.1, 0.15) is 30.1 Å². The van der Waals surface area contributed by atoms with Crippen LogP contribution in [0.4, 0.5) is 0 Å². The molecule has 0 spiro atoms. The molecule has 4 nitrogen and oxygen atoms in total. The van der Waals surface area contributed by atoms with Crippen molar-refractivity contribution in [3.63, 3.8) is 0 Å². The molecule has 1 aliphatic rings. The van der Waals surface area contributed by atoms with Crippen molar-refractivity contribution in [1.29, 1.82) is 0 Å². The highest BCUT2D eigenvalue weighted by Crippen LogP contribution is 2.34. The molecule has 3 N–H and O–H groups in total. The van der Waals surface area contributed by atoms with E-state index in [2.05, 4.69) is 17.3 Å². The lowest BCUT2D eigenvalue weighted by Crippen LogP contribution is -2.16. The van der Waals surface area contributed by atoms with E-state index >= 15 is 0 Å². The third-order valence-electron chi connectivity index (χ3n) is 3.20. The van der Waals surface area contributed by atoms with Crippen molar-refractivity contribution in [3.8, 4) is 0 Å². The van der Waals surface area contributed by atoms with Crippen LogP contribution in [0.3, 0.4) is 0 Å². The lowest BCUT2D eigenvalue weighted by Gasteiger charge is -2.18. The molecule has 104 valence electrons. The summed E-state index contributed by atoms with van der Waals surface area (Å²) in [6.07, 6.45) is 3.20. The number of hydrogen-bond donors (Lipinski definition) is 2. The third-order valence-corrected chi connectivity index (χ3v) is 4.61. The van der Waals surface area contributed by atoms with Crippen molar-refractivity contribution in [1.82, 2.24) is 0 Å². The summed E-state index contributed by atoms with van der Waals surface area (Å²) in [7, 11) is 0. The second-order valence-electron chi connectivity index (χ2n) is 4.66. The Labute approximate surface area is 118 Å². The molecule has 2 unspecified atom stereocenters. The van der Waals surface area contributed by atoms with Gasteiger partial charge in [-0.05, 0) is 18.4 Å². The Bertz CT molecular complexity index is 405. The van der Waals surface area contributed by atoms with E-state index in [4.69, 9.17) is 15.7 Å². The van der Waals surface area contributed by atoms with E-state index in [0.29, 0.717) is 12.5 Å². The van der Waals surface area contributed by atoms with Gasteiger partial charge in [-0.15, -0.1) is 0 Å². The lowest BCUT2D eigenvalue weighted by molar-refractivity contribution is 0.129. The maximum Gasteiger partial charge on any atom is 0.140 e. The first-order chi connectivity index (χ1) is 9.29. The second kappa shape index (κ2) is 7.40. The molecule has 2 atom stereocenters. The first-order valence-corrected chi connectivity index (χ1v) is 7.59. The average molecular weight is 280 g/mol. The quantitative estimate of drug-likeness (QED) is 0.364. The Morgan fingerprint density at radius 2 is 2.26 bits per heavy atom. The molecular formula is C14H20N2O2S. The molecule has 0 bridgehead atoms. The predicted octanol–water partition coefficient (Wildman–Crippen LogP) is 2.78. The van der Waals surface area contributed by atoms with Crippen LogP contribution < -0.4 is 5.73 Å². The van der Waals surface area contributed by atoms with Crippen LogP contribution in [0.2, 0.25) is 0 Å². The number of ether oxygens (including phenoxy) is 1. The highest BCUT2D eigenvalue weighted by atomic mass is 32.2. The monoisotopic (exact) mass is 280 g/mol. The van der Waals surface area contributed by atoms with Gasteiger partial charge in [-0.25, -0.2) is 0 Å². The normalized spacial score (nSPS) is 21.5. The van der Waals surface area contributed by atoms with Crippen molar-refractivity contribution >= 4 is 17.6 Å². The molecule has 0 aliphatic carbocycles. The summed E-state index contributed by atoms with van der Waals surface area (Å²) in [6, 6.07) is 10.2. The maximum atomic E-state index is 8.74. The zero-order valence-corrected chi connectivity index (χ0v) is 11.7. The van der Waals surface area contributed by atoms with E-state index in [-0.39, 0.29) is 11.1 Å². The molecule has 1 aromatic carbocycles. The summed E-state index contributed by atoms with van der Waals surface area (Å²) in [4.78, 5) is 0. The zero-order chi connectivity index (χ0) is 13.5. The summed E-state index contributed by atoms with van der Waals surface area (Å²) in [5, 5.41) is 12.0. The lowest BCUT2D eigenvalue weighted by atomic mass is 10.1. The van der Waals surface area contributed by atoms with Crippen molar-refractivity contribution < 1.29 is 9.94 Å². The van der Waals surface area contributed by atoms with Crippen LogP contribution in [0.5, 0.6) is 0 Å². The van der Waals surface area contributed by atoms with E-state index in [9.17, 15) is 0 Å². The number of nitrogens with zero attached hydrogens (tertiary/aromatic N) is 1. The Morgan fingerprint density at radius 1 is 1.47 bits per heavy atom. The fraction of sp³-hybridized carbons (Fsp3) is 0.500. The highest BCUT2D eigenvalue weighted by Gasteiger charge is 2.20. The number of amidine groups is 1. The van der Waals surface area contributed by atoms with Gasteiger partial charge in [-0.2, -0.15) is 11.8 Å². The minimum Gasteiger partial charge on any atom is -0.409 e. The topological polar surface area (TPSA) is 67.8 Å². The van der Waals surface area contributed by atoms with E-state index in [1.807, 2.05) is 30.0 Å². The first kappa shape index (κ1) is 14.2. The number of rotatable bonds is 6. The average Bonchev–Trinajstić information content (AvgIpc) is 2.97. The SMILES string of the molecule is N/C(CC(SCC1CCCO1)c1ccccc1)=N/O. The molecule has 1 aromatic rings. The number of hydrogen-bond acceptors (Lipinski definition) is 4. The Hall–Kier alpha value is -1.20. The molecule has 5 heteroatoms. The van der Waals surface area contributed by atoms with Gasteiger partial charge in [0.15, 0.2) is 0 Å². The molecule has 19 heavy (non-hydrogen) atoms. The van der Waals surface area contributed by atoms with Gasteiger partial charge in [0.1, 0.15) is 5.84 Å². The standard InChI is InChI=1S/C14H20N2O2S/c15-14(16-17)9-13(11-5-2-1-3-6-11)19-10-12-7-4-8-18-12/h1-3,5-6,12-13,17H,4,7-10H2,(H2,15,16). The highest BCUT2D eigenvalue weighted by molar-refractivity contribution is 7.99. The number of thioether (sulfide) groups is 1. The minimum atomic E-state index is 0.210. The van der Waals surface area contributed by atoms with Crippen LogP contribution in [-0.2, 0) is 4.74 Å². The van der Waals surface area contributed by atoms with Gasteiger partial charge in [0.05, 0.1) is 6.10 Å². The van der Waals surface area contributed by atoms with Gasteiger partial charge in [-0.1, -0.05) is 35.5 Å². The van der Waals surface area contributed by atoms with Gasteiger partial charge in [0.2, 0.25) is 0 Å². The van der Waals surface area contributed by atoms with Crippen molar-refractivity contribution in [3.05, 3.63) is 35.9 Å². The van der Waals surface area contributed by atoms with Crippen LogP contribution in [-0.4, -0.2) is 29.5 Å². The summed E-state index contributed by atoms with van der Waals surface area (Å²) in [6.45, 7) is 0.876. The summed E-state index contributed by atoms with van der Waals surface area (Å²) in [5.41, 5.74) is 6.86. The molecule has 0 radical (unpaired) electrons. The number of benzene rings is 1. The van der Waals surface area contributed by atoms with Crippen molar-refractivity contribution in [2.24, 2.45) is 10.9 Å². The number of nitrogens with two attached hydrogens (primary N) is 1. The zero-order valence-electron chi connectivity index (χ0n) is 10.9. The van der Waals surface area contributed by atoms with Gasteiger partial charge in [0.25, 0.3) is 0 Å². The molecular weight excluding hydrogens is 260 g/mol. The summed E-state index contributed by atoms with van der Waals surface area (Å²) in [5.74, 6) is 1.23. The predicted molar refractivity (Wildman–Crippen MR) is 78.6 cm³/mol. The third kappa shape index (κ3) is 4.44. The van der Waals surface area contributed by atoms with Gasteiger partial charge < -0.3 is 15.7 Å². The van der Waals surface area contributed by atoms with Crippen LogP contribution in [0.25, 0.3) is 0 Å². The minimum absolute atomic E-state index is 0.210. The molecule has 2 rings (SSSR count). The summed E-state index contributed by atoms with van der Waals surface area (Å²) >= 11 is 1.82. The fourth-order valence-electron chi connectivity index (χ4n) is 2.17. The van der Waals surface area contributed by atoms with Crippen LogP contribution in [0, 0.1) is 0 Å². The Morgan fingerprint density at radius 3 is 2.89 bits per heavy atom. The van der Waals surface area contributed by atoms with Gasteiger partial charge in [0, 0.05) is 24.0 Å². The number of oxime groups is 1. The second-order valence-corrected chi connectivity index (χ2v) is 5.90. The fourth-order valence-corrected chi connectivity index (χ4v) is 3.52. The molecule has 1 fully saturated rings. The maximum absolute atomic E-state index is 8.74. The van der Waals surface area contributed by atoms with E-state index in [1.54, 1.807) is 0 Å². The largest absolute Gasteiger partial charge is 0.409 e. The van der Waals surface area contributed by atoms with E-state index in [0.717, 1.165) is 25.2 Å². The van der Waals surface area contributed by atoms with Crippen LogP contribution >= 0.6 is 11.8 Å². The van der Waals surface area contributed by atoms with E-state index < -0.39 is 0 Å². The Kier molecular flexibility index (Phi) is 5.54. The summed E-state index contributed by atoms with van der Waals surface area (Å²) < 4.78 is 5.64.